The summed E-state index contributed by atoms with van der Waals surface area (Å²) in [4.78, 5) is 0. The van der Waals surface area contributed by atoms with Gasteiger partial charge in [-0.05, 0) is 93.3 Å². The second-order valence-electron chi connectivity index (χ2n) is 11.9. The molecule has 0 unspecified atom stereocenters. The Hall–Kier alpha value is -6.00. The molecule has 0 fully saturated rings. The highest BCUT2D eigenvalue weighted by molar-refractivity contribution is 6.28. The zero-order valence-electron chi connectivity index (χ0n) is 23.0. The summed E-state index contributed by atoms with van der Waals surface area (Å²) in [6, 6.07) is 37.9. The lowest BCUT2D eigenvalue weighted by Gasteiger charge is -2.22. The standard InChI is InChI=1S/C40H18O4/c1-3-19-7-13-29-37-33(19)25(5-1)41-31-17-11-23-21(9-15-27(43-29)35(23)39(31)37)22-10-16-28-36-24(22)12-18-32-40(36)38-30(44-28)14-8-20-4-2-6-26(42-32)34(20)38/h1-18H. The average Bonchev–Trinajstić information content (AvgIpc) is 3.07. The van der Waals surface area contributed by atoms with Crippen molar-refractivity contribution in [2.75, 3.05) is 0 Å². The highest BCUT2D eigenvalue weighted by Gasteiger charge is 2.28. The first-order chi connectivity index (χ1) is 21.8. The summed E-state index contributed by atoms with van der Waals surface area (Å²) in [6.07, 6.45) is 0. The monoisotopic (exact) mass is 562 g/mol. The Morgan fingerprint density at radius 2 is 0.636 bits per heavy atom. The summed E-state index contributed by atoms with van der Waals surface area (Å²) >= 11 is 0. The predicted octanol–water partition coefficient (Wildman–Crippen LogP) is 12.0. The third kappa shape index (κ3) is 2.38. The number of hydrogen-bond donors (Lipinski definition) is 0. The van der Waals surface area contributed by atoms with E-state index >= 15 is 0 Å². The third-order valence-corrected chi connectivity index (χ3v) is 9.82. The molecule has 12 rings (SSSR count). The van der Waals surface area contributed by atoms with E-state index in [-0.39, 0.29) is 0 Å². The van der Waals surface area contributed by atoms with E-state index in [4.69, 9.17) is 17.7 Å². The molecule has 4 nitrogen and oxygen atoms in total. The molecule has 0 saturated heterocycles. The Morgan fingerprint density at radius 3 is 1.09 bits per heavy atom. The molecule has 0 radical (unpaired) electrons. The summed E-state index contributed by atoms with van der Waals surface area (Å²) in [5.74, 6) is 0. The molecule has 8 aromatic carbocycles. The molecule has 4 aliphatic heterocycles. The van der Waals surface area contributed by atoms with E-state index in [9.17, 15) is 0 Å². The van der Waals surface area contributed by atoms with Crippen molar-refractivity contribution in [3.8, 4) is 33.4 Å². The smallest absolute Gasteiger partial charge is 0.136 e. The minimum absolute atomic E-state index is 0.847. The lowest BCUT2D eigenvalue weighted by molar-refractivity contribution is 0.646. The van der Waals surface area contributed by atoms with Crippen molar-refractivity contribution in [1.29, 1.82) is 0 Å². The molecule has 0 spiro atoms. The van der Waals surface area contributed by atoms with Gasteiger partial charge in [0, 0.05) is 43.8 Å². The van der Waals surface area contributed by atoms with Gasteiger partial charge < -0.3 is 17.7 Å². The van der Waals surface area contributed by atoms with Gasteiger partial charge in [0.1, 0.15) is 44.7 Å². The Bertz CT molecular complexity index is 2840. The summed E-state index contributed by atoms with van der Waals surface area (Å²) in [7, 11) is 0. The van der Waals surface area contributed by atoms with Gasteiger partial charge in [-0.3, -0.25) is 0 Å². The van der Waals surface area contributed by atoms with Gasteiger partial charge >= 0.3 is 0 Å². The van der Waals surface area contributed by atoms with Crippen molar-refractivity contribution in [3.63, 3.8) is 0 Å². The molecule has 0 saturated carbocycles. The van der Waals surface area contributed by atoms with E-state index in [1.807, 2.05) is 24.3 Å². The van der Waals surface area contributed by atoms with Crippen molar-refractivity contribution >= 4 is 87.8 Å². The molecule has 44 heavy (non-hydrogen) atoms. The molecular weight excluding hydrogens is 544 g/mol. The Balaban J connectivity index is 1.23. The fourth-order valence-electron chi connectivity index (χ4n) is 8.06. The van der Waals surface area contributed by atoms with Crippen LogP contribution in [-0.2, 0) is 0 Å². The molecule has 0 bridgehead atoms. The first-order valence-corrected chi connectivity index (χ1v) is 14.8. The second-order valence-corrected chi connectivity index (χ2v) is 11.9. The van der Waals surface area contributed by atoms with Crippen LogP contribution in [0.25, 0.3) is 121 Å². The maximum absolute atomic E-state index is 6.59. The highest BCUT2D eigenvalue weighted by atomic mass is 16.3. The second kappa shape index (κ2) is 7.13. The van der Waals surface area contributed by atoms with Crippen LogP contribution in [0.3, 0.4) is 0 Å². The first kappa shape index (κ1) is 21.7. The van der Waals surface area contributed by atoms with E-state index in [2.05, 4.69) is 84.9 Å². The summed E-state index contributed by atoms with van der Waals surface area (Å²) in [5.41, 5.74) is 13.6. The van der Waals surface area contributed by atoms with Crippen LogP contribution in [0.1, 0.15) is 0 Å². The van der Waals surface area contributed by atoms with Gasteiger partial charge in [-0.1, -0.05) is 48.5 Å². The molecule has 8 aromatic rings. The molecule has 4 heteroatoms. The number of rotatable bonds is 1. The van der Waals surface area contributed by atoms with E-state index in [0.717, 1.165) is 121 Å². The Labute approximate surface area is 247 Å². The normalized spacial score (nSPS) is 13.0. The fraction of sp³-hybridized carbons (Fsp3) is 0. The Morgan fingerprint density at radius 1 is 0.273 bits per heavy atom. The molecular formula is C40H18O4. The van der Waals surface area contributed by atoms with Crippen LogP contribution in [0.2, 0.25) is 0 Å². The molecule has 4 heterocycles. The van der Waals surface area contributed by atoms with E-state index in [0.29, 0.717) is 0 Å². The maximum Gasteiger partial charge on any atom is 0.136 e. The van der Waals surface area contributed by atoms with Crippen molar-refractivity contribution < 1.29 is 17.7 Å². The lowest BCUT2D eigenvalue weighted by atomic mass is 9.85. The van der Waals surface area contributed by atoms with Crippen LogP contribution >= 0.6 is 0 Å². The molecule has 4 aliphatic rings. The van der Waals surface area contributed by atoms with Crippen molar-refractivity contribution in [2.45, 2.75) is 0 Å². The summed E-state index contributed by atoms with van der Waals surface area (Å²) in [6.45, 7) is 0. The van der Waals surface area contributed by atoms with E-state index in [1.54, 1.807) is 0 Å². The molecule has 0 N–H and O–H groups in total. The largest absolute Gasteiger partial charge is 0.456 e. The van der Waals surface area contributed by atoms with Crippen LogP contribution in [0.4, 0.5) is 0 Å². The summed E-state index contributed by atoms with van der Waals surface area (Å²) in [5, 5.41) is 8.91. The molecule has 0 amide bonds. The molecule has 0 aliphatic carbocycles. The molecule has 0 atom stereocenters. The zero-order valence-corrected chi connectivity index (χ0v) is 23.0. The average molecular weight is 563 g/mol. The van der Waals surface area contributed by atoms with Gasteiger partial charge in [-0.2, -0.15) is 0 Å². The Kier molecular flexibility index (Phi) is 3.51. The minimum Gasteiger partial charge on any atom is -0.456 e. The van der Waals surface area contributed by atoms with Gasteiger partial charge in [-0.15, -0.1) is 0 Å². The van der Waals surface area contributed by atoms with Gasteiger partial charge in [-0.25, -0.2) is 0 Å². The highest BCUT2D eigenvalue weighted by Crippen LogP contribution is 2.52. The quantitative estimate of drug-likeness (QED) is 0.147. The lowest BCUT2D eigenvalue weighted by Crippen LogP contribution is -1.97. The van der Waals surface area contributed by atoms with E-state index in [1.165, 1.54) is 0 Å². The van der Waals surface area contributed by atoms with Crippen LogP contribution < -0.4 is 0 Å². The van der Waals surface area contributed by atoms with Gasteiger partial charge in [0.15, 0.2) is 0 Å². The van der Waals surface area contributed by atoms with Crippen LogP contribution in [0.15, 0.2) is 127 Å². The minimum atomic E-state index is 0.847. The van der Waals surface area contributed by atoms with Crippen LogP contribution in [0.5, 0.6) is 0 Å². The third-order valence-electron chi connectivity index (χ3n) is 9.82. The van der Waals surface area contributed by atoms with Gasteiger partial charge in [0.05, 0.1) is 0 Å². The fourth-order valence-corrected chi connectivity index (χ4v) is 8.06. The van der Waals surface area contributed by atoms with Crippen LogP contribution in [0, 0.1) is 0 Å². The number of benzene rings is 8. The van der Waals surface area contributed by atoms with E-state index < -0.39 is 0 Å². The SMILES string of the molecule is c1cc2ccc3oc4ccc(-c5ccc6oc7ccc8cccc9oc%10ccc5c6c%10-c7c89)c5ccc6oc(c1)c2c3-c6c45. The first-order valence-electron chi connectivity index (χ1n) is 14.8. The van der Waals surface area contributed by atoms with Crippen molar-refractivity contribution in [2.24, 2.45) is 0 Å². The summed E-state index contributed by atoms with van der Waals surface area (Å²) < 4.78 is 26.2. The van der Waals surface area contributed by atoms with Crippen molar-refractivity contribution in [3.05, 3.63) is 109 Å². The molecule has 0 aromatic heterocycles. The topological polar surface area (TPSA) is 52.6 Å². The van der Waals surface area contributed by atoms with Gasteiger partial charge in [0.25, 0.3) is 0 Å². The van der Waals surface area contributed by atoms with Crippen molar-refractivity contribution in [1.82, 2.24) is 0 Å². The molecule has 202 valence electrons. The number of hydrogen-bond acceptors (Lipinski definition) is 4. The van der Waals surface area contributed by atoms with Crippen LogP contribution in [-0.4, -0.2) is 0 Å². The van der Waals surface area contributed by atoms with Gasteiger partial charge in [0.2, 0.25) is 0 Å². The zero-order chi connectivity index (χ0) is 28.3. The predicted molar refractivity (Wildman–Crippen MR) is 177 cm³/mol. The maximum atomic E-state index is 6.59.